The quantitative estimate of drug-likeness (QED) is 0.420. The molecule has 6 nitrogen and oxygen atoms in total. The van der Waals surface area contributed by atoms with Crippen LogP contribution in [-0.2, 0) is 4.74 Å². The summed E-state index contributed by atoms with van der Waals surface area (Å²) >= 11 is 0. The molecule has 0 atom stereocenters. The summed E-state index contributed by atoms with van der Waals surface area (Å²) in [7, 11) is 0. The topological polar surface area (TPSA) is 96.2 Å². The molecule has 2 aromatic carbocycles. The van der Waals surface area contributed by atoms with E-state index >= 15 is 0 Å². The number of aromatic amines is 1. The first kappa shape index (κ1) is 17.7. The van der Waals surface area contributed by atoms with Gasteiger partial charge in [-0.2, -0.15) is 0 Å². The fourth-order valence-corrected chi connectivity index (χ4v) is 3.34. The van der Waals surface area contributed by atoms with Crippen LogP contribution >= 0.6 is 0 Å². The maximum Gasteiger partial charge on any atom is 0.344 e. The first-order chi connectivity index (χ1) is 13.5. The van der Waals surface area contributed by atoms with Crippen LogP contribution in [0.3, 0.4) is 0 Å². The van der Waals surface area contributed by atoms with Crippen molar-refractivity contribution in [3.8, 4) is 11.1 Å². The van der Waals surface area contributed by atoms with Crippen LogP contribution in [0.4, 0.5) is 0 Å². The van der Waals surface area contributed by atoms with E-state index in [-0.39, 0.29) is 28.7 Å². The largest absolute Gasteiger partial charge is 0.462 e. The monoisotopic (exact) mass is 374 g/mol. The van der Waals surface area contributed by atoms with Gasteiger partial charge in [-0.05, 0) is 31.5 Å². The second kappa shape index (κ2) is 6.81. The van der Waals surface area contributed by atoms with E-state index in [1.165, 1.54) is 0 Å². The SMILES string of the molecule is CCOC(=O)c1c(-c2ccc(C)cc2)c2c(=O)[nH]c3ccccc3c2oc1=N. The molecular formula is C22H18N2O4. The Morgan fingerprint density at radius 2 is 1.86 bits per heavy atom. The van der Waals surface area contributed by atoms with Crippen LogP contribution in [0.1, 0.15) is 22.8 Å². The van der Waals surface area contributed by atoms with E-state index in [9.17, 15) is 9.59 Å². The molecule has 0 aliphatic rings. The highest BCUT2D eigenvalue weighted by atomic mass is 16.5. The number of H-pyrrole nitrogens is 1. The van der Waals surface area contributed by atoms with Crippen LogP contribution in [0.5, 0.6) is 0 Å². The lowest BCUT2D eigenvalue weighted by molar-refractivity contribution is 0.0522. The van der Waals surface area contributed by atoms with Crippen molar-refractivity contribution in [1.29, 1.82) is 5.41 Å². The highest BCUT2D eigenvalue weighted by Crippen LogP contribution is 2.32. The van der Waals surface area contributed by atoms with Crippen LogP contribution in [0, 0.1) is 12.3 Å². The molecule has 2 N–H and O–H groups in total. The standard InChI is InChI=1S/C22H18N2O4/c1-3-27-22(26)18-16(13-10-8-12(2)9-11-13)17-19(28-20(18)23)14-6-4-5-7-15(14)24-21(17)25/h4-11,23H,3H2,1-2H3,(H,24,25). The molecule has 0 bridgehead atoms. The predicted octanol–water partition coefficient (Wildman–Crippen LogP) is 3.91. The molecule has 0 fully saturated rings. The van der Waals surface area contributed by atoms with E-state index in [2.05, 4.69) is 4.98 Å². The number of hydrogen-bond acceptors (Lipinski definition) is 5. The zero-order valence-corrected chi connectivity index (χ0v) is 15.5. The molecule has 0 unspecified atom stereocenters. The molecule has 0 amide bonds. The van der Waals surface area contributed by atoms with Gasteiger partial charge in [0, 0.05) is 10.9 Å². The van der Waals surface area contributed by atoms with Gasteiger partial charge in [-0.1, -0.05) is 42.0 Å². The molecule has 0 aliphatic carbocycles. The summed E-state index contributed by atoms with van der Waals surface area (Å²) in [5.41, 5.74) is 2.11. The Hall–Kier alpha value is -3.67. The van der Waals surface area contributed by atoms with Gasteiger partial charge >= 0.3 is 5.97 Å². The van der Waals surface area contributed by atoms with Crippen LogP contribution in [0.2, 0.25) is 0 Å². The summed E-state index contributed by atoms with van der Waals surface area (Å²) in [4.78, 5) is 28.4. The first-order valence-corrected chi connectivity index (χ1v) is 8.92. The number of carbonyl (C=O) groups is 1. The summed E-state index contributed by atoms with van der Waals surface area (Å²) in [6.07, 6.45) is 0. The highest BCUT2D eigenvalue weighted by molar-refractivity contribution is 6.11. The molecule has 140 valence electrons. The smallest absolute Gasteiger partial charge is 0.344 e. The number of aryl methyl sites for hydroxylation is 1. The molecule has 6 heteroatoms. The van der Waals surface area contributed by atoms with Gasteiger partial charge in [0.1, 0.15) is 5.56 Å². The van der Waals surface area contributed by atoms with Crippen LogP contribution < -0.4 is 11.1 Å². The summed E-state index contributed by atoms with van der Waals surface area (Å²) in [6.45, 7) is 3.79. The Bertz CT molecular complexity index is 1330. The van der Waals surface area contributed by atoms with Crippen molar-refractivity contribution in [3.05, 3.63) is 75.6 Å². The second-order valence-electron chi connectivity index (χ2n) is 6.47. The molecule has 0 radical (unpaired) electrons. The van der Waals surface area contributed by atoms with Crippen molar-refractivity contribution < 1.29 is 13.9 Å². The number of para-hydroxylation sites is 1. The van der Waals surface area contributed by atoms with E-state index in [0.29, 0.717) is 22.0 Å². The molecule has 2 aromatic heterocycles. The Balaban J connectivity index is 2.24. The number of nitrogens with one attached hydrogen (secondary N) is 2. The third-order valence-electron chi connectivity index (χ3n) is 4.62. The average Bonchev–Trinajstić information content (AvgIpc) is 2.68. The number of carbonyl (C=O) groups excluding carboxylic acids is 1. The van der Waals surface area contributed by atoms with E-state index in [1.54, 1.807) is 25.1 Å². The Labute approximate surface area is 159 Å². The zero-order chi connectivity index (χ0) is 19.8. The highest BCUT2D eigenvalue weighted by Gasteiger charge is 2.24. The number of rotatable bonds is 3. The Kier molecular flexibility index (Phi) is 4.31. The van der Waals surface area contributed by atoms with Gasteiger partial charge in [0.15, 0.2) is 5.58 Å². The average molecular weight is 374 g/mol. The Morgan fingerprint density at radius 3 is 2.57 bits per heavy atom. The molecule has 0 saturated heterocycles. The van der Waals surface area contributed by atoms with Crippen molar-refractivity contribution >= 4 is 27.8 Å². The van der Waals surface area contributed by atoms with Gasteiger partial charge in [-0.3, -0.25) is 10.2 Å². The number of aromatic nitrogens is 1. The van der Waals surface area contributed by atoms with Crippen LogP contribution in [0.25, 0.3) is 33.0 Å². The maximum atomic E-state index is 13.0. The molecule has 0 spiro atoms. The number of esters is 1. The number of pyridine rings is 1. The van der Waals surface area contributed by atoms with Crippen molar-refractivity contribution in [2.24, 2.45) is 0 Å². The first-order valence-electron chi connectivity index (χ1n) is 8.92. The lowest BCUT2D eigenvalue weighted by Crippen LogP contribution is -2.21. The van der Waals surface area contributed by atoms with Crippen LogP contribution in [-0.4, -0.2) is 17.6 Å². The molecule has 4 aromatic rings. The molecular weight excluding hydrogens is 356 g/mol. The van der Waals surface area contributed by atoms with Gasteiger partial charge in [-0.25, -0.2) is 4.79 Å². The fourth-order valence-electron chi connectivity index (χ4n) is 3.34. The Morgan fingerprint density at radius 1 is 1.14 bits per heavy atom. The molecule has 0 aliphatic heterocycles. The fraction of sp³-hybridized carbons (Fsp3) is 0.136. The third-order valence-corrected chi connectivity index (χ3v) is 4.62. The van der Waals surface area contributed by atoms with Crippen molar-refractivity contribution in [3.63, 3.8) is 0 Å². The van der Waals surface area contributed by atoms with E-state index in [1.807, 2.05) is 37.3 Å². The lowest BCUT2D eigenvalue weighted by atomic mass is 9.96. The van der Waals surface area contributed by atoms with Gasteiger partial charge in [0.2, 0.25) is 5.55 Å². The molecule has 0 saturated carbocycles. The van der Waals surface area contributed by atoms with Crippen molar-refractivity contribution in [2.45, 2.75) is 13.8 Å². The van der Waals surface area contributed by atoms with E-state index < -0.39 is 11.5 Å². The number of ether oxygens (including phenoxy) is 1. The summed E-state index contributed by atoms with van der Waals surface area (Å²) < 4.78 is 10.8. The number of hydrogen-bond donors (Lipinski definition) is 2. The normalized spacial score (nSPS) is 11.1. The summed E-state index contributed by atoms with van der Waals surface area (Å²) in [5.74, 6) is -0.693. The summed E-state index contributed by atoms with van der Waals surface area (Å²) in [5, 5.41) is 9.25. The minimum atomic E-state index is -0.693. The third kappa shape index (κ3) is 2.79. The minimum Gasteiger partial charge on any atom is -0.462 e. The van der Waals surface area contributed by atoms with E-state index in [4.69, 9.17) is 14.6 Å². The van der Waals surface area contributed by atoms with Crippen molar-refractivity contribution in [2.75, 3.05) is 6.61 Å². The molecule has 4 rings (SSSR count). The van der Waals surface area contributed by atoms with Crippen molar-refractivity contribution in [1.82, 2.24) is 4.98 Å². The minimum absolute atomic E-state index is 0.0565. The second-order valence-corrected chi connectivity index (χ2v) is 6.47. The van der Waals surface area contributed by atoms with E-state index in [0.717, 1.165) is 5.56 Å². The number of benzene rings is 2. The van der Waals surface area contributed by atoms with Gasteiger partial charge in [0.25, 0.3) is 5.56 Å². The summed E-state index contributed by atoms with van der Waals surface area (Å²) in [6, 6.07) is 14.6. The van der Waals surface area contributed by atoms with Crippen LogP contribution in [0.15, 0.2) is 57.7 Å². The van der Waals surface area contributed by atoms with Gasteiger partial charge in [-0.15, -0.1) is 0 Å². The zero-order valence-electron chi connectivity index (χ0n) is 15.5. The molecule has 2 heterocycles. The maximum absolute atomic E-state index is 13.0. The molecule has 28 heavy (non-hydrogen) atoms. The number of fused-ring (bicyclic) bond motifs is 3. The lowest BCUT2D eigenvalue weighted by Gasteiger charge is -2.13. The predicted molar refractivity (Wildman–Crippen MR) is 106 cm³/mol. The van der Waals surface area contributed by atoms with Gasteiger partial charge in [0.05, 0.1) is 17.5 Å². The van der Waals surface area contributed by atoms with Gasteiger partial charge < -0.3 is 14.1 Å².